The second-order valence-electron chi connectivity index (χ2n) is 3.43. The van der Waals surface area contributed by atoms with E-state index in [4.69, 9.17) is 0 Å². The first-order valence-electron chi connectivity index (χ1n) is 4.62. The van der Waals surface area contributed by atoms with Gasteiger partial charge >= 0.3 is 6.03 Å². The van der Waals surface area contributed by atoms with E-state index in [0.717, 1.165) is 13.0 Å². The lowest BCUT2D eigenvalue weighted by atomic mass is 10.1. The maximum atomic E-state index is 11.1. The van der Waals surface area contributed by atoms with E-state index in [1.165, 1.54) is 0 Å². The third kappa shape index (κ3) is 4.99. The normalized spacial score (nSPS) is 12.8. The summed E-state index contributed by atoms with van der Waals surface area (Å²) in [6, 6.07) is 0.180. The van der Waals surface area contributed by atoms with Crippen LogP contribution in [0.2, 0.25) is 0 Å². The highest BCUT2D eigenvalue weighted by atomic mass is 16.2. The van der Waals surface area contributed by atoms with Gasteiger partial charge in [0.15, 0.2) is 0 Å². The van der Waals surface area contributed by atoms with Crippen LogP contribution >= 0.6 is 0 Å². The summed E-state index contributed by atoms with van der Waals surface area (Å²) < 4.78 is 0. The predicted octanol–water partition coefficient (Wildman–Crippen LogP) is 1.74. The van der Waals surface area contributed by atoms with Crippen molar-refractivity contribution in [1.29, 1.82) is 0 Å². The molecule has 0 unspecified atom stereocenters. The highest BCUT2D eigenvalue weighted by molar-refractivity contribution is 5.74. The van der Waals surface area contributed by atoms with Gasteiger partial charge in [-0.3, -0.25) is 0 Å². The summed E-state index contributed by atoms with van der Waals surface area (Å²) in [5, 5.41) is 5.63. The lowest BCUT2D eigenvalue weighted by Crippen LogP contribution is -2.43. The molecule has 0 saturated heterocycles. The molecule has 0 saturated carbocycles. The lowest BCUT2D eigenvalue weighted by molar-refractivity contribution is 0.234. The van der Waals surface area contributed by atoms with Crippen molar-refractivity contribution in [2.45, 2.75) is 40.2 Å². The minimum atomic E-state index is -0.0574. The van der Waals surface area contributed by atoms with Gasteiger partial charge in [0, 0.05) is 12.6 Å². The number of nitrogens with one attached hydrogen (secondary N) is 2. The van der Waals surface area contributed by atoms with E-state index in [-0.39, 0.29) is 12.1 Å². The summed E-state index contributed by atoms with van der Waals surface area (Å²) in [6.07, 6.45) is 0.976. The average Bonchev–Trinajstić information content (AvgIpc) is 2.00. The van der Waals surface area contributed by atoms with Crippen LogP contribution in [0.5, 0.6) is 0 Å². The molecular formula is C9H20N2O. The van der Waals surface area contributed by atoms with Crippen molar-refractivity contribution < 1.29 is 4.79 Å². The van der Waals surface area contributed by atoms with Crippen molar-refractivity contribution in [3.05, 3.63) is 0 Å². The summed E-state index contributed by atoms with van der Waals surface area (Å²) in [7, 11) is 0. The molecule has 0 bridgehead atoms. The zero-order valence-electron chi connectivity index (χ0n) is 8.48. The molecule has 12 heavy (non-hydrogen) atoms. The molecular weight excluding hydrogens is 152 g/mol. The first-order valence-corrected chi connectivity index (χ1v) is 4.62. The Hall–Kier alpha value is -0.730. The molecule has 72 valence electrons. The van der Waals surface area contributed by atoms with Gasteiger partial charge < -0.3 is 10.6 Å². The molecule has 0 aliphatic carbocycles. The Labute approximate surface area is 74.9 Å². The topological polar surface area (TPSA) is 41.1 Å². The lowest BCUT2D eigenvalue weighted by Gasteiger charge is -2.17. The molecule has 0 aliphatic heterocycles. The van der Waals surface area contributed by atoms with Crippen molar-refractivity contribution in [3.8, 4) is 0 Å². The van der Waals surface area contributed by atoms with Gasteiger partial charge in [-0.2, -0.15) is 0 Å². The molecule has 0 aromatic carbocycles. The van der Waals surface area contributed by atoms with Gasteiger partial charge in [-0.25, -0.2) is 4.79 Å². The van der Waals surface area contributed by atoms with Gasteiger partial charge in [-0.15, -0.1) is 0 Å². The molecule has 1 atom stereocenters. The van der Waals surface area contributed by atoms with Crippen LogP contribution in [0.3, 0.4) is 0 Å². The first-order chi connectivity index (χ1) is 5.57. The first kappa shape index (κ1) is 11.3. The van der Waals surface area contributed by atoms with Crippen LogP contribution in [0.1, 0.15) is 34.1 Å². The van der Waals surface area contributed by atoms with E-state index < -0.39 is 0 Å². The van der Waals surface area contributed by atoms with Gasteiger partial charge in [0.25, 0.3) is 0 Å². The van der Waals surface area contributed by atoms with Gasteiger partial charge in [0.1, 0.15) is 0 Å². The van der Waals surface area contributed by atoms with Crippen LogP contribution in [0.25, 0.3) is 0 Å². The monoisotopic (exact) mass is 172 g/mol. The number of carbonyl (C=O) groups excluding carboxylic acids is 1. The number of carbonyl (C=O) groups is 1. The van der Waals surface area contributed by atoms with E-state index in [0.29, 0.717) is 5.92 Å². The third-order valence-corrected chi connectivity index (χ3v) is 1.89. The molecule has 2 N–H and O–H groups in total. The molecule has 0 spiro atoms. The molecule has 3 nitrogen and oxygen atoms in total. The fourth-order valence-electron chi connectivity index (χ4n) is 0.663. The predicted molar refractivity (Wildman–Crippen MR) is 51.1 cm³/mol. The maximum absolute atomic E-state index is 11.1. The summed E-state index contributed by atoms with van der Waals surface area (Å²) in [5.41, 5.74) is 0. The molecule has 0 radical (unpaired) electrons. The van der Waals surface area contributed by atoms with Gasteiger partial charge in [0.2, 0.25) is 0 Å². The van der Waals surface area contributed by atoms with Crippen molar-refractivity contribution in [2.75, 3.05) is 6.54 Å². The van der Waals surface area contributed by atoms with E-state index in [1.807, 2.05) is 13.8 Å². The summed E-state index contributed by atoms with van der Waals surface area (Å²) in [6.45, 7) is 8.97. The van der Waals surface area contributed by atoms with Crippen molar-refractivity contribution in [3.63, 3.8) is 0 Å². The highest BCUT2D eigenvalue weighted by Crippen LogP contribution is 1.98. The number of rotatable bonds is 4. The van der Waals surface area contributed by atoms with E-state index in [1.54, 1.807) is 0 Å². The second kappa shape index (κ2) is 5.86. The van der Waals surface area contributed by atoms with E-state index in [2.05, 4.69) is 24.5 Å². The molecule has 0 aromatic rings. The Morgan fingerprint density at radius 1 is 1.33 bits per heavy atom. The van der Waals surface area contributed by atoms with E-state index >= 15 is 0 Å². The van der Waals surface area contributed by atoms with Crippen molar-refractivity contribution >= 4 is 6.03 Å². The number of hydrogen-bond acceptors (Lipinski definition) is 1. The largest absolute Gasteiger partial charge is 0.338 e. The third-order valence-electron chi connectivity index (χ3n) is 1.89. The number of urea groups is 1. The standard InChI is InChI=1S/C9H20N2O/c1-5-6-10-9(12)11-8(4)7(2)3/h7-8H,5-6H2,1-4H3,(H2,10,11,12)/t8-/m1/s1. The van der Waals surface area contributed by atoms with Crippen LogP contribution in [-0.2, 0) is 0 Å². The van der Waals surface area contributed by atoms with Crippen LogP contribution in [0.15, 0.2) is 0 Å². The van der Waals surface area contributed by atoms with Gasteiger partial charge in [0.05, 0.1) is 0 Å². The zero-order valence-corrected chi connectivity index (χ0v) is 8.48. The second-order valence-corrected chi connectivity index (χ2v) is 3.43. The average molecular weight is 172 g/mol. The van der Waals surface area contributed by atoms with Gasteiger partial charge in [-0.05, 0) is 19.3 Å². The zero-order chi connectivity index (χ0) is 9.56. The quantitative estimate of drug-likeness (QED) is 0.666. The summed E-state index contributed by atoms with van der Waals surface area (Å²) in [5.74, 6) is 0.484. The Morgan fingerprint density at radius 3 is 2.33 bits per heavy atom. The summed E-state index contributed by atoms with van der Waals surface area (Å²) in [4.78, 5) is 11.1. The maximum Gasteiger partial charge on any atom is 0.315 e. The molecule has 2 amide bonds. The smallest absolute Gasteiger partial charge is 0.315 e. The molecule has 3 heteroatoms. The van der Waals surface area contributed by atoms with Crippen LogP contribution in [0.4, 0.5) is 4.79 Å². The number of amides is 2. The molecule has 0 heterocycles. The Bertz CT molecular complexity index is 134. The Kier molecular flexibility index (Phi) is 5.51. The Balaban J connectivity index is 3.54. The van der Waals surface area contributed by atoms with Crippen LogP contribution < -0.4 is 10.6 Å². The van der Waals surface area contributed by atoms with E-state index in [9.17, 15) is 4.79 Å². The molecule has 0 rings (SSSR count). The Morgan fingerprint density at radius 2 is 1.92 bits per heavy atom. The minimum Gasteiger partial charge on any atom is -0.338 e. The fourth-order valence-corrected chi connectivity index (χ4v) is 0.663. The van der Waals surface area contributed by atoms with Crippen LogP contribution in [0, 0.1) is 5.92 Å². The number of hydrogen-bond donors (Lipinski definition) is 2. The van der Waals surface area contributed by atoms with Crippen molar-refractivity contribution in [1.82, 2.24) is 10.6 Å². The van der Waals surface area contributed by atoms with Gasteiger partial charge in [-0.1, -0.05) is 20.8 Å². The fraction of sp³-hybridized carbons (Fsp3) is 0.889. The molecule has 0 aromatic heterocycles. The molecule has 0 aliphatic rings. The highest BCUT2D eigenvalue weighted by Gasteiger charge is 2.08. The van der Waals surface area contributed by atoms with Crippen LogP contribution in [-0.4, -0.2) is 18.6 Å². The molecule has 0 fully saturated rings. The SMILES string of the molecule is CCCNC(=O)N[C@H](C)C(C)C. The summed E-state index contributed by atoms with van der Waals surface area (Å²) >= 11 is 0. The van der Waals surface area contributed by atoms with Crippen molar-refractivity contribution in [2.24, 2.45) is 5.92 Å². The minimum absolute atomic E-state index is 0.0574.